The van der Waals surface area contributed by atoms with Gasteiger partial charge < -0.3 is 4.90 Å². The number of benzene rings is 1. The number of carbonyl (C=O) groups is 1. The quantitative estimate of drug-likeness (QED) is 0.749. The maximum absolute atomic E-state index is 12.6. The highest BCUT2D eigenvalue weighted by Gasteiger charge is 2.28. The Bertz CT molecular complexity index is 463. The lowest BCUT2D eigenvalue weighted by Crippen LogP contribution is -2.45. The molecule has 0 spiro atoms. The highest BCUT2D eigenvalue weighted by atomic mass is 79.9. The van der Waals surface area contributed by atoms with Gasteiger partial charge in [-0.3, -0.25) is 4.79 Å². The van der Waals surface area contributed by atoms with Crippen LogP contribution >= 0.6 is 27.5 Å². The van der Waals surface area contributed by atoms with Crippen LogP contribution in [0.15, 0.2) is 22.7 Å². The van der Waals surface area contributed by atoms with E-state index >= 15 is 0 Å². The summed E-state index contributed by atoms with van der Waals surface area (Å²) in [6.45, 7) is 5.14. The van der Waals surface area contributed by atoms with Crippen molar-refractivity contribution < 1.29 is 4.79 Å². The minimum Gasteiger partial charge on any atom is -0.336 e. The molecule has 2 unspecified atom stereocenters. The predicted octanol–water partition coefficient (Wildman–Crippen LogP) is 4.36. The van der Waals surface area contributed by atoms with Crippen molar-refractivity contribution in [3.8, 4) is 0 Å². The van der Waals surface area contributed by atoms with Crippen LogP contribution in [-0.4, -0.2) is 23.4 Å². The van der Waals surface area contributed by atoms with Gasteiger partial charge in [0.2, 0.25) is 0 Å². The van der Waals surface area contributed by atoms with E-state index < -0.39 is 0 Å². The Kier molecular flexibility index (Phi) is 4.33. The number of hydrogen-bond donors (Lipinski definition) is 0. The highest BCUT2D eigenvalue weighted by molar-refractivity contribution is 9.10. The Labute approximate surface area is 121 Å². The molecule has 2 rings (SSSR count). The first-order chi connectivity index (χ1) is 8.49. The van der Waals surface area contributed by atoms with Crippen molar-refractivity contribution >= 4 is 33.4 Å². The molecule has 0 bridgehead atoms. The lowest BCUT2D eigenvalue weighted by atomic mass is 9.94. The number of amides is 1. The zero-order valence-corrected chi connectivity index (χ0v) is 13.0. The Morgan fingerprint density at radius 3 is 2.83 bits per heavy atom. The van der Waals surface area contributed by atoms with Crippen molar-refractivity contribution in [2.24, 2.45) is 5.92 Å². The van der Waals surface area contributed by atoms with Gasteiger partial charge in [-0.1, -0.05) is 18.5 Å². The van der Waals surface area contributed by atoms with Crippen LogP contribution in [0.25, 0.3) is 0 Å². The van der Waals surface area contributed by atoms with Gasteiger partial charge in [-0.2, -0.15) is 0 Å². The SMILES string of the molecule is CC1CCC(C)N(C(=O)c2cc(Cl)ccc2Br)C1. The van der Waals surface area contributed by atoms with Gasteiger partial charge in [0.25, 0.3) is 5.91 Å². The van der Waals surface area contributed by atoms with Crippen LogP contribution in [0.5, 0.6) is 0 Å². The second-order valence-electron chi connectivity index (χ2n) is 5.11. The molecule has 1 aliphatic rings. The maximum atomic E-state index is 12.6. The third kappa shape index (κ3) is 2.89. The van der Waals surface area contributed by atoms with Crippen LogP contribution in [0.2, 0.25) is 5.02 Å². The van der Waals surface area contributed by atoms with E-state index in [2.05, 4.69) is 29.8 Å². The minimum absolute atomic E-state index is 0.0726. The molecule has 1 fully saturated rings. The topological polar surface area (TPSA) is 20.3 Å². The van der Waals surface area contributed by atoms with E-state index in [1.165, 1.54) is 6.42 Å². The highest BCUT2D eigenvalue weighted by Crippen LogP contribution is 2.27. The first kappa shape index (κ1) is 13.9. The number of nitrogens with zero attached hydrogens (tertiary/aromatic N) is 1. The van der Waals surface area contributed by atoms with Crippen LogP contribution in [-0.2, 0) is 0 Å². The molecule has 1 aromatic carbocycles. The van der Waals surface area contributed by atoms with E-state index in [0.29, 0.717) is 22.5 Å². The number of halogens is 2. The molecule has 2 nitrogen and oxygen atoms in total. The molecule has 1 heterocycles. The number of carbonyl (C=O) groups excluding carboxylic acids is 1. The van der Waals surface area contributed by atoms with Crippen molar-refractivity contribution in [3.63, 3.8) is 0 Å². The fourth-order valence-electron chi connectivity index (χ4n) is 2.39. The molecular formula is C14H17BrClNO. The molecule has 4 heteroatoms. The molecule has 0 aliphatic carbocycles. The minimum atomic E-state index is 0.0726. The normalized spacial score (nSPS) is 24.1. The van der Waals surface area contributed by atoms with Gasteiger partial charge in [-0.15, -0.1) is 0 Å². The van der Waals surface area contributed by atoms with E-state index in [9.17, 15) is 4.79 Å². The second-order valence-corrected chi connectivity index (χ2v) is 6.40. The van der Waals surface area contributed by atoms with Gasteiger partial charge in [-0.05, 0) is 59.8 Å². The molecule has 2 atom stereocenters. The summed E-state index contributed by atoms with van der Waals surface area (Å²) in [4.78, 5) is 14.5. The fraction of sp³-hybridized carbons (Fsp3) is 0.500. The third-order valence-electron chi connectivity index (χ3n) is 3.54. The number of rotatable bonds is 1. The Balaban J connectivity index is 2.27. The van der Waals surface area contributed by atoms with Crippen molar-refractivity contribution in [3.05, 3.63) is 33.3 Å². The smallest absolute Gasteiger partial charge is 0.255 e. The van der Waals surface area contributed by atoms with Crippen LogP contribution in [0.3, 0.4) is 0 Å². The predicted molar refractivity (Wildman–Crippen MR) is 78.0 cm³/mol. The summed E-state index contributed by atoms with van der Waals surface area (Å²) >= 11 is 9.40. The average Bonchev–Trinajstić information content (AvgIpc) is 2.34. The van der Waals surface area contributed by atoms with E-state index in [1.54, 1.807) is 12.1 Å². The first-order valence-electron chi connectivity index (χ1n) is 6.25. The van der Waals surface area contributed by atoms with Crippen molar-refractivity contribution in [1.82, 2.24) is 4.90 Å². The van der Waals surface area contributed by atoms with E-state index in [1.807, 2.05) is 11.0 Å². The molecule has 0 saturated carbocycles. The van der Waals surface area contributed by atoms with Crippen LogP contribution in [0, 0.1) is 5.92 Å². The molecule has 0 radical (unpaired) electrons. The van der Waals surface area contributed by atoms with Crippen molar-refractivity contribution in [2.75, 3.05) is 6.54 Å². The standard InChI is InChI=1S/C14H17BrClNO/c1-9-3-4-10(2)17(8-9)14(18)12-7-11(16)5-6-13(12)15/h5-7,9-10H,3-4,8H2,1-2H3. The molecule has 1 aromatic rings. The van der Waals surface area contributed by atoms with E-state index in [4.69, 9.17) is 11.6 Å². The van der Waals surface area contributed by atoms with Crippen molar-refractivity contribution in [2.45, 2.75) is 32.7 Å². The maximum Gasteiger partial charge on any atom is 0.255 e. The van der Waals surface area contributed by atoms with Crippen LogP contribution < -0.4 is 0 Å². The molecule has 98 valence electrons. The van der Waals surface area contributed by atoms with Gasteiger partial charge in [0.1, 0.15) is 0 Å². The van der Waals surface area contributed by atoms with Crippen LogP contribution in [0.4, 0.5) is 0 Å². The summed E-state index contributed by atoms with van der Waals surface area (Å²) in [6, 6.07) is 5.65. The third-order valence-corrected chi connectivity index (χ3v) is 4.46. The van der Waals surface area contributed by atoms with Gasteiger partial charge >= 0.3 is 0 Å². The lowest BCUT2D eigenvalue weighted by Gasteiger charge is -2.37. The van der Waals surface area contributed by atoms with Gasteiger partial charge in [-0.25, -0.2) is 0 Å². The summed E-state index contributed by atoms with van der Waals surface area (Å²) < 4.78 is 0.808. The Hall–Kier alpha value is -0.540. The summed E-state index contributed by atoms with van der Waals surface area (Å²) in [5, 5.41) is 0.597. The summed E-state index contributed by atoms with van der Waals surface area (Å²) in [5.74, 6) is 0.645. The summed E-state index contributed by atoms with van der Waals surface area (Å²) in [5.41, 5.74) is 0.656. The molecular weight excluding hydrogens is 314 g/mol. The number of hydrogen-bond acceptors (Lipinski definition) is 1. The molecule has 0 N–H and O–H groups in total. The van der Waals surface area contributed by atoms with Crippen molar-refractivity contribution in [1.29, 1.82) is 0 Å². The average molecular weight is 331 g/mol. The van der Waals surface area contributed by atoms with Gasteiger partial charge in [0.15, 0.2) is 0 Å². The molecule has 1 amide bonds. The summed E-state index contributed by atoms with van der Waals surface area (Å²) in [7, 11) is 0. The zero-order chi connectivity index (χ0) is 13.3. The lowest BCUT2D eigenvalue weighted by molar-refractivity contribution is 0.0573. The Morgan fingerprint density at radius 1 is 1.39 bits per heavy atom. The number of likely N-dealkylation sites (tertiary alicyclic amines) is 1. The zero-order valence-electron chi connectivity index (χ0n) is 10.6. The molecule has 1 aliphatic heterocycles. The summed E-state index contributed by atoms with van der Waals surface area (Å²) in [6.07, 6.45) is 2.27. The second kappa shape index (κ2) is 5.62. The monoisotopic (exact) mass is 329 g/mol. The van der Waals surface area contributed by atoms with Gasteiger partial charge in [0.05, 0.1) is 5.56 Å². The Morgan fingerprint density at radius 2 is 2.11 bits per heavy atom. The molecule has 18 heavy (non-hydrogen) atoms. The van der Waals surface area contributed by atoms with E-state index in [-0.39, 0.29) is 5.91 Å². The van der Waals surface area contributed by atoms with Gasteiger partial charge in [0, 0.05) is 22.1 Å². The molecule has 0 aromatic heterocycles. The fourth-order valence-corrected chi connectivity index (χ4v) is 2.98. The van der Waals surface area contributed by atoms with Crippen LogP contribution in [0.1, 0.15) is 37.0 Å². The largest absolute Gasteiger partial charge is 0.336 e. The molecule has 1 saturated heterocycles. The van der Waals surface area contributed by atoms with E-state index in [0.717, 1.165) is 17.4 Å². The first-order valence-corrected chi connectivity index (χ1v) is 7.42. The number of piperidine rings is 1.